The Balaban J connectivity index is 2.02. The van der Waals surface area contributed by atoms with Crippen LogP contribution in [-0.2, 0) is 10.0 Å². The molecule has 6 nitrogen and oxygen atoms in total. The first-order chi connectivity index (χ1) is 9.62. The molecule has 1 aliphatic rings. The summed E-state index contributed by atoms with van der Waals surface area (Å²) in [5, 5.41) is 10.5. The van der Waals surface area contributed by atoms with E-state index < -0.39 is 15.6 Å². The fourth-order valence-electron chi connectivity index (χ4n) is 2.45. The standard InChI is InChI=1S/C14H22N2O4S/c1-13(2)5-7-14(18,8-6-13)10-16-21(19,20)11-3-4-12(17)15-9-11/h3-4,9,16,18H,5-8,10H2,1-2H3,(H,15,17). The predicted molar refractivity (Wildman–Crippen MR) is 79.5 cm³/mol. The highest BCUT2D eigenvalue weighted by molar-refractivity contribution is 7.89. The molecule has 3 N–H and O–H groups in total. The molecular weight excluding hydrogens is 292 g/mol. The van der Waals surface area contributed by atoms with Crippen LogP contribution in [0.4, 0.5) is 0 Å². The number of hydrogen-bond donors (Lipinski definition) is 3. The van der Waals surface area contributed by atoms with Crippen molar-refractivity contribution in [3.05, 3.63) is 28.7 Å². The minimum Gasteiger partial charge on any atom is -0.389 e. The molecule has 0 unspecified atom stereocenters. The smallest absolute Gasteiger partial charge is 0.247 e. The normalized spacial score (nSPS) is 21.1. The van der Waals surface area contributed by atoms with Crippen molar-refractivity contribution in [3.63, 3.8) is 0 Å². The molecule has 0 saturated heterocycles. The van der Waals surface area contributed by atoms with E-state index in [4.69, 9.17) is 0 Å². The van der Waals surface area contributed by atoms with Crippen LogP contribution >= 0.6 is 0 Å². The van der Waals surface area contributed by atoms with E-state index in [9.17, 15) is 18.3 Å². The van der Waals surface area contributed by atoms with Gasteiger partial charge < -0.3 is 10.1 Å². The lowest BCUT2D eigenvalue weighted by atomic mass is 9.71. The van der Waals surface area contributed by atoms with Gasteiger partial charge in [-0.1, -0.05) is 13.8 Å². The summed E-state index contributed by atoms with van der Waals surface area (Å²) < 4.78 is 26.7. The number of aliphatic hydroxyl groups is 1. The number of pyridine rings is 1. The van der Waals surface area contributed by atoms with E-state index in [1.807, 2.05) is 0 Å². The van der Waals surface area contributed by atoms with Gasteiger partial charge in [-0.2, -0.15) is 0 Å². The first kappa shape index (κ1) is 16.2. The lowest BCUT2D eigenvalue weighted by Gasteiger charge is -2.40. The largest absolute Gasteiger partial charge is 0.389 e. The van der Waals surface area contributed by atoms with Gasteiger partial charge in [0.2, 0.25) is 15.6 Å². The monoisotopic (exact) mass is 314 g/mol. The fourth-order valence-corrected chi connectivity index (χ4v) is 3.53. The SMILES string of the molecule is CC1(C)CCC(O)(CNS(=O)(=O)c2ccc(=O)[nH]c2)CC1. The molecule has 0 atom stereocenters. The van der Waals surface area contributed by atoms with Gasteiger partial charge in [0, 0.05) is 18.8 Å². The molecule has 1 saturated carbocycles. The molecule has 7 heteroatoms. The molecular formula is C14H22N2O4S. The topological polar surface area (TPSA) is 99.3 Å². The van der Waals surface area contributed by atoms with E-state index in [-0.39, 0.29) is 22.4 Å². The Kier molecular flexibility index (Phi) is 4.28. The minimum absolute atomic E-state index is 0.00939. The zero-order valence-electron chi connectivity index (χ0n) is 12.3. The van der Waals surface area contributed by atoms with E-state index in [0.29, 0.717) is 12.8 Å². The number of sulfonamides is 1. The lowest BCUT2D eigenvalue weighted by Crippen LogP contribution is -2.46. The number of nitrogens with one attached hydrogen (secondary N) is 2. The Morgan fingerprint density at radius 2 is 1.86 bits per heavy atom. The second-order valence-corrected chi connectivity index (χ2v) is 8.37. The molecule has 0 amide bonds. The van der Waals surface area contributed by atoms with E-state index >= 15 is 0 Å². The molecule has 0 radical (unpaired) electrons. The highest BCUT2D eigenvalue weighted by Crippen LogP contribution is 2.39. The summed E-state index contributed by atoms with van der Waals surface area (Å²) in [6, 6.07) is 2.40. The third kappa shape index (κ3) is 4.15. The Morgan fingerprint density at radius 1 is 1.24 bits per heavy atom. The van der Waals surface area contributed by atoms with Crippen molar-refractivity contribution < 1.29 is 13.5 Å². The maximum Gasteiger partial charge on any atom is 0.247 e. The minimum atomic E-state index is -3.72. The van der Waals surface area contributed by atoms with Gasteiger partial charge in [-0.25, -0.2) is 13.1 Å². The number of rotatable bonds is 4. The van der Waals surface area contributed by atoms with Gasteiger partial charge >= 0.3 is 0 Å². The van der Waals surface area contributed by atoms with Gasteiger partial charge in [-0.05, 0) is 37.2 Å². The van der Waals surface area contributed by atoms with Gasteiger partial charge in [0.25, 0.3) is 0 Å². The van der Waals surface area contributed by atoms with Crippen molar-refractivity contribution in [1.82, 2.24) is 9.71 Å². The van der Waals surface area contributed by atoms with Gasteiger partial charge in [0.1, 0.15) is 0 Å². The molecule has 0 aliphatic heterocycles. The second-order valence-electron chi connectivity index (χ2n) is 6.60. The molecule has 118 valence electrons. The van der Waals surface area contributed by atoms with Crippen molar-refractivity contribution >= 4 is 10.0 Å². The van der Waals surface area contributed by atoms with Crippen molar-refractivity contribution in [1.29, 1.82) is 0 Å². The Bertz CT molecular complexity index is 633. The highest BCUT2D eigenvalue weighted by atomic mass is 32.2. The molecule has 1 aromatic heterocycles. The van der Waals surface area contributed by atoms with Crippen molar-refractivity contribution in [2.75, 3.05) is 6.54 Å². The summed E-state index contributed by atoms with van der Waals surface area (Å²) >= 11 is 0. The molecule has 0 bridgehead atoms. The number of H-pyrrole nitrogens is 1. The quantitative estimate of drug-likeness (QED) is 0.771. The second kappa shape index (κ2) is 5.55. The Morgan fingerprint density at radius 3 is 2.38 bits per heavy atom. The highest BCUT2D eigenvalue weighted by Gasteiger charge is 2.37. The molecule has 1 aromatic rings. The van der Waals surface area contributed by atoms with E-state index in [0.717, 1.165) is 25.1 Å². The molecule has 1 fully saturated rings. The summed E-state index contributed by atoms with van der Waals surface area (Å²) in [7, 11) is -3.72. The van der Waals surface area contributed by atoms with E-state index in [1.165, 1.54) is 6.07 Å². The third-order valence-corrected chi connectivity index (χ3v) is 5.59. The average Bonchev–Trinajstić information content (AvgIpc) is 2.42. The third-order valence-electron chi connectivity index (χ3n) is 4.19. The van der Waals surface area contributed by atoms with Gasteiger partial charge in [0.05, 0.1) is 10.5 Å². The number of hydrogen-bond acceptors (Lipinski definition) is 4. The molecule has 21 heavy (non-hydrogen) atoms. The summed E-state index contributed by atoms with van der Waals surface area (Å²) in [5.74, 6) is 0. The van der Waals surface area contributed by atoms with Crippen molar-refractivity contribution in [2.24, 2.45) is 5.41 Å². The molecule has 1 heterocycles. The summed E-state index contributed by atoms with van der Waals surface area (Å²) in [4.78, 5) is 13.3. The van der Waals surface area contributed by atoms with Crippen LogP contribution in [-0.4, -0.2) is 30.7 Å². The predicted octanol–water partition coefficient (Wildman–Crippen LogP) is 0.985. The first-order valence-electron chi connectivity index (χ1n) is 7.03. The Labute approximate surface area is 124 Å². The maximum atomic E-state index is 12.1. The van der Waals surface area contributed by atoms with E-state index in [2.05, 4.69) is 23.6 Å². The zero-order chi connectivity index (χ0) is 15.7. The lowest BCUT2D eigenvalue weighted by molar-refractivity contribution is -0.0205. The van der Waals surface area contributed by atoms with Gasteiger partial charge in [-0.3, -0.25) is 4.79 Å². The van der Waals surface area contributed by atoms with Crippen LogP contribution in [0.25, 0.3) is 0 Å². The maximum absolute atomic E-state index is 12.1. The molecule has 0 spiro atoms. The average molecular weight is 314 g/mol. The van der Waals surface area contributed by atoms with Crippen LogP contribution in [0.5, 0.6) is 0 Å². The fraction of sp³-hybridized carbons (Fsp3) is 0.643. The van der Waals surface area contributed by atoms with Crippen molar-refractivity contribution in [2.45, 2.75) is 50.0 Å². The van der Waals surface area contributed by atoms with Crippen LogP contribution < -0.4 is 10.3 Å². The van der Waals surface area contributed by atoms with Crippen LogP contribution in [0.3, 0.4) is 0 Å². The van der Waals surface area contributed by atoms with Gasteiger partial charge in [0.15, 0.2) is 0 Å². The molecule has 2 rings (SSSR count). The summed E-state index contributed by atoms with van der Waals surface area (Å²) in [6.45, 7) is 4.29. The van der Waals surface area contributed by atoms with Crippen LogP contribution in [0, 0.1) is 5.41 Å². The van der Waals surface area contributed by atoms with Crippen LogP contribution in [0.15, 0.2) is 28.0 Å². The summed E-state index contributed by atoms with van der Waals surface area (Å²) in [6.07, 6.45) is 4.04. The Hall–Kier alpha value is -1.18. The number of aromatic nitrogens is 1. The molecule has 1 aliphatic carbocycles. The summed E-state index contributed by atoms with van der Waals surface area (Å²) in [5.41, 5.74) is -1.16. The van der Waals surface area contributed by atoms with Crippen molar-refractivity contribution in [3.8, 4) is 0 Å². The van der Waals surface area contributed by atoms with Gasteiger partial charge in [-0.15, -0.1) is 0 Å². The van der Waals surface area contributed by atoms with Crippen LogP contribution in [0.1, 0.15) is 39.5 Å². The van der Waals surface area contributed by atoms with Crippen LogP contribution in [0.2, 0.25) is 0 Å². The molecule has 0 aromatic carbocycles. The van der Waals surface area contributed by atoms with E-state index in [1.54, 1.807) is 0 Å². The number of aromatic amines is 1. The first-order valence-corrected chi connectivity index (χ1v) is 8.51. The zero-order valence-corrected chi connectivity index (χ0v) is 13.2.